The zero-order valence-corrected chi connectivity index (χ0v) is 16.1. The molecule has 0 aliphatic carbocycles. The zero-order chi connectivity index (χ0) is 17.8. The topological polar surface area (TPSA) is 74.5 Å². The second kappa shape index (κ2) is 7.93. The molecule has 0 fully saturated rings. The van der Waals surface area contributed by atoms with Crippen molar-refractivity contribution in [1.29, 1.82) is 0 Å². The molecule has 3 N–H and O–H groups in total. The minimum atomic E-state index is -0.321. The van der Waals surface area contributed by atoms with E-state index in [1.165, 1.54) is 10.6 Å². The Morgan fingerprint density at radius 2 is 1.76 bits per heavy atom. The Balaban J connectivity index is 2.01. The lowest BCUT2D eigenvalue weighted by Crippen LogP contribution is -2.15. The molecule has 0 bridgehead atoms. The fourth-order valence-electron chi connectivity index (χ4n) is 2.47. The standard InChI is InChI=1S/C17H14BIN2O3P/c19-18-25-14-10-15(22)21(17(14)24)13-9-5-4-8-12(13)16(23)20-11-6-2-1-3-7-11/h1-10,22,24-25H,(H,20,23). The fourth-order valence-corrected chi connectivity index (χ4v) is 4.05. The van der Waals surface area contributed by atoms with Crippen molar-refractivity contribution in [3.8, 4) is 17.4 Å². The van der Waals surface area contributed by atoms with E-state index < -0.39 is 0 Å². The summed E-state index contributed by atoms with van der Waals surface area (Å²) in [5.74, 6) is -0.499. The Morgan fingerprint density at radius 1 is 1.08 bits per heavy atom. The summed E-state index contributed by atoms with van der Waals surface area (Å²) in [4.78, 5) is 14.5. The molecule has 1 atom stereocenters. The van der Waals surface area contributed by atoms with Gasteiger partial charge in [-0.05, 0) is 24.3 Å². The SMILES string of the molecule is O=C(Nc1ccccc1)c1ccccc1-n1c(O)cc(P[B]I)c1O. The van der Waals surface area contributed by atoms with Crippen LogP contribution < -0.4 is 10.6 Å². The molecule has 0 spiro atoms. The number of para-hydroxylation sites is 2. The Kier molecular flexibility index (Phi) is 5.65. The van der Waals surface area contributed by atoms with Crippen LogP contribution in [0.4, 0.5) is 5.69 Å². The molecule has 125 valence electrons. The van der Waals surface area contributed by atoms with E-state index in [0.29, 0.717) is 22.2 Å². The van der Waals surface area contributed by atoms with Crippen molar-refractivity contribution in [2.45, 2.75) is 0 Å². The maximum Gasteiger partial charge on any atom is 0.257 e. The van der Waals surface area contributed by atoms with E-state index in [4.69, 9.17) is 0 Å². The van der Waals surface area contributed by atoms with E-state index in [-0.39, 0.29) is 26.1 Å². The van der Waals surface area contributed by atoms with Gasteiger partial charge in [0.1, 0.15) is 0 Å². The van der Waals surface area contributed by atoms with E-state index in [1.54, 1.807) is 36.4 Å². The highest BCUT2D eigenvalue weighted by atomic mass is 127. The van der Waals surface area contributed by atoms with Gasteiger partial charge in [-0.15, -0.1) is 8.46 Å². The number of halogens is 1. The molecule has 3 rings (SSSR count). The number of carbonyl (C=O) groups excluding carboxylic acids is 1. The van der Waals surface area contributed by atoms with Gasteiger partial charge in [-0.1, -0.05) is 30.3 Å². The molecule has 1 radical (unpaired) electrons. The Labute approximate surface area is 160 Å². The van der Waals surface area contributed by atoms with Crippen molar-refractivity contribution in [3.05, 3.63) is 66.2 Å². The first-order valence-electron chi connectivity index (χ1n) is 7.39. The number of carbonyl (C=O) groups is 1. The van der Waals surface area contributed by atoms with Gasteiger partial charge in [-0.3, -0.25) is 9.36 Å². The average molecular weight is 463 g/mol. The van der Waals surface area contributed by atoms with Crippen LogP contribution in [-0.2, 0) is 0 Å². The lowest BCUT2D eigenvalue weighted by molar-refractivity contribution is 0.102. The van der Waals surface area contributed by atoms with E-state index in [0.717, 1.165) is 0 Å². The van der Waals surface area contributed by atoms with Crippen molar-refractivity contribution in [1.82, 2.24) is 4.57 Å². The first-order valence-corrected chi connectivity index (χ1v) is 9.72. The summed E-state index contributed by atoms with van der Waals surface area (Å²) >= 11 is 2.09. The van der Waals surface area contributed by atoms with E-state index in [2.05, 4.69) is 27.7 Å². The molecule has 5 nitrogen and oxygen atoms in total. The molecule has 2 aromatic carbocycles. The number of amides is 1. The first kappa shape index (κ1) is 17.8. The van der Waals surface area contributed by atoms with E-state index in [1.807, 2.05) is 23.1 Å². The number of nitrogens with zero attached hydrogens (tertiary/aromatic N) is 1. The van der Waals surface area contributed by atoms with Gasteiger partial charge in [0.25, 0.3) is 5.91 Å². The van der Waals surface area contributed by atoms with Gasteiger partial charge in [0.05, 0.1) is 11.3 Å². The largest absolute Gasteiger partial charge is 0.494 e. The summed E-state index contributed by atoms with van der Waals surface area (Å²) in [6.07, 6.45) is 0. The fraction of sp³-hybridized carbons (Fsp3) is 0. The smallest absolute Gasteiger partial charge is 0.257 e. The number of rotatable bonds is 5. The van der Waals surface area contributed by atoms with Crippen molar-refractivity contribution in [2.24, 2.45) is 0 Å². The number of nitrogens with one attached hydrogen (secondary N) is 1. The second-order valence-corrected chi connectivity index (χ2v) is 8.08. The maximum absolute atomic E-state index is 12.7. The molecule has 1 aromatic heterocycles. The van der Waals surface area contributed by atoms with Crippen LogP contribution in [0.1, 0.15) is 10.4 Å². The number of aromatic hydroxyl groups is 2. The Morgan fingerprint density at radius 3 is 2.48 bits per heavy atom. The number of aromatic nitrogens is 1. The highest BCUT2D eigenvalue weighted by Crippen LogP contribution is 2.32. The Hall–Kier alpha value is -1.99. The molecule has 8 heteroatoms. The summed E-state index contributed by atoms with van der Waals surface area (Å²) in [5.41, 5.74) is 1.43. The van der Waals surface area contributed by atoms with Gasteiger partial charge in [0.15, 0.2) is 5.88 Å². The minimum Gasteiger partial charge on any atom is -0.494 e. The molecule has 1 unspecified atom stereocenters. The molecule has 0 saturated heterocycles. The van der Waals surface area contributed by atoms with Crippen LogP contribution in [0.2, 0.25) is 0 Å². The lowest BCUT2D eigenvalue weighted by Gasteiger charge is -2.13. The van der Waals surface area contributed by atoms with Crippen molar-refractivity contribution >= 4 is 52.6 Å². The molecule has 0 saturated carbocycles. The number of benzene rings is 2. The van der Waals surface area contributed by atoms with Gasteiger partial charge in [-0.25, -0.2) is 0 Å². The van der Waals surface area contributed by atoms with E-state index >= 15 is 0 Å². The molecule has 0 aliphatic heterocycles. The van der Waals surface area contributed by atoms with E-state index in [9.17, 15) is 15.0 Å². The van der Waals surface area contributed by atoms with Crippen LogP contribution in [-0.4, -0.2) is 25.5 Å². The second-order valence-electron chi connectivity index (χ2n) is 5.17. The van der Waals surface area contributed by atoms with Gasteiger partial charge in [-0.2, -0.15) is 22.4 Å². The minimum absolute atomic E-state index is 0.0660. The average Bonchev–Trinajstić information content (AvgIpc) is 2.90. The third-order valence-electron chi connectivity index (χ3n) is 3.59. The highest BCUT2D eigenvalue weighted by Gasteiger charge is 2.20. The van der Waals surface area contributed by atoms with Crippen LogP contribution in [0.5, 0.6) is 11.8 Å². The van der Waals surface area contributed by atoms with Crippen LogP contribution in [0.3, 0.4) is 0 Å². The summed E-state index contributed by atoms with van der Waals surface area (Å²) in [5, 5.41) is 24.1. The Bertz CT molecular complexity index is 902. The molecule has 1 amide bonds. The van der Waals surface area contributed by atoms with Crippen LogP contribution in [0.15, 0.2) is 60.7 Å². The first-order chi connectivity index (χ1) is 12.1. The van der Waals surface area contributed by atoms with Gasteiger partial charge < -0.3 is 15.5 Å². The third kappa shape index (κ3) is 3.83. The molecule has 25 heavy (non-hydrogen) atoms. The van der Waals surface area contributed by atoms with Crippen molar-refractivity contribution in [2.75, 3.05) is 5.32 Å². The van der Waals surface area contributed by atoms with Gasteiger partial charge in [0, 0.05) is 17.1 Å². The molecular weight excluding hydrogens is 449 g/mol. The quantitative estimate of drug-likeness (QED) is 0.309. The van der Waals surface area contributed by atoms with Crippen LogP contribution in [0, 0.1) is 0 Å². The van der Waals surface area contributed by atoms with Crippen LogP contribution in [0.25, 0.3) is 5.69 Å². The predicted octanol–water partition coefficient (Wildman–Crippen LogP) is 3.41. The summed E-state index contributed by atoms with van der Waals surface area (Å²) in [7, 11) is 0.247. The van der Waals surface area contributed by atoms with Crippen molar-refractivity contribution in [3.63, 3.8) is 0 Å². The molecule has 0 aliphatic rings. The monoisotopic (exact) mass is 463 g/mol. The molecular formula is C17H14BIN2O3P. The molecule has 1 heterocycles. The van der Waals surface area contributed by atoms with Gasteiger partial charge >= 0.3 is 0 Å². The van der Waals surface area contributed by atoms with Gasteiger partial charge in [0.2, 0.25) is 10.7 Å². The third-order valence-corrected chi connectivity index (χ3v) is 5.31. The number of hydrogen-bond acceptors (Lipinski definition) is 3. The maximum atomic E-state index is 12.7. The number of hydrogen-bond donors (Lipinski definition) is 3. The summed E-state index contributed by atoms with van der Waals surface area (Å²) in [6.45, 7) is 0. The lowest BCUT2D eigenvalue weighted by atomic mass is 10.1. The predicted molar refractivity (Wildman–Crippen MR) is 111 cm³/mol. The summed E-state index contributed by atoms with van der Waals surface area (Å²) < 4.78 is 1.28. The number of anilines is 1. The summed E-state index contributed by atoms with van der Waals surface area (Å²) in [6, 6.07) is 17.4. The van der Waals surface area contributed by atoms with Crippen molar-refractivity contribution < 1.29 is 15.0 Å². The molecule has 3 aromatic rings. The zero-order valence-electron chi connectivity index (χ0n) is 13.0. The normalized spacial score (nSPS) is 10.9. The van der Waals surface area contributed by atoms with Crippen LogP contribution >= 0.6 is 30.8 Å². The highest BCUT2D eigenvalue weighted by molar-refractivity contribution is 14.1.